The van der Waals surface area contributed by atoms with E-state index in [1.54, 1.807) is 18.3 Å². The Kier molecular flexibility index (Phi) is 4.82. The molecule has 0 bridgehead atoms. The number of ketones is 1. The molecular weight excluding hydrogens is 411 g/mol. The van der Waals surface area contributed by atoms with Crippen LogP contribution in [0, 0.1) is 19.7 Å². The summed E-state index contributed by atoms with van der Waals surface area (Å²) in [5.41, 5.74) is 3.56. The lowest BCUT2D eigenvalue weighted by molar-refractivity contribution is 0.0971. The van der Waals surface area contributed by atoms with Gasteiger partial charge in [0.1, 0.15) is 16.5 Å². The average Bonchev–Trinajstić information content (AvgIpc) is 3.32. The minimum Gasteiger partial charge on any atom is -0.292 e. The largest absolute Gasteiger partial charge is 0.292 e. The third kappa shape index (κ3) is 3.41. The highest BCUT2D eigenvalue weighted by Crippen LogP contribution is 2.35. The van der Waals surface area contributed by atoms with E-state index in [1.165, 1.54) is 27.6 Å². The van der Waals surface area contributed by atoms with E-state index in [1.807, 2.05) is 31.2 Å². The fourth-order valence-electron chi connectivity index (χ4n) is 4.28. The molecule has 0 spiro atoms. The van der Waals surface area contributed by atoms with Crippen LogP contribution in [-0.4, -0.2) is 15.3 Å². The van der Waals surface area contributed by atoms with Gasteiger partial charge in [-0.1, -0.05) is 23.8 Å². The van der Waals surface area contributed by atoms with Crippen LogP contribution < -0.4 is 5.56 Å². The summed E-state index contributed by atoms with van der Waals surface area (Å²) in [6.07, 6.45) is 2.90. The van der Waals surface area contributed by atoms with Gasteiger partial charge in [-0.05, 0) is 68.5 Å². The van der Waals surface area contributed by atoms with E-state index < -0.39 is 0 Å². The Morgan fingerprint density at radius 3 is 2.77 bits per heavy atom. The number of carbonyl (C=O) groups is 1. The maximum absolute atomic E-state index is 13.7. The van der Waals surface area contributed by atoms with Crippen LogP contribution >= 0.6 is 11.3 Å². The number of fused-ring (bicyclic) bond motifs is 3. The highest BCUT2D eigenvalue weighted by atomic mass is 32.1. The maximum atomic E-state index is 13.7. The van der Waals surface area contributed by atoms with Crippen molar-refractivity contribution in [1.29, 1.82) is 0 Å². The molecule has 0 aliphatic heterocycles. The standard InChI is InChI=1S/C25H21FN2O2S/c1-14-5-3-6-17(11-14)23-27-24-22(18-7-4-8-21(18)31-24)25(30)28(23)13-20(29)16-9-10-19(26)15(2)12-16/h3,5-6,9-12H,4,7-8,13H2,1-2H3. The minimum absolute atomic E-state index is 0.138. The summed E-state index contributed by atoms with van der Waals surface area (Å²) in [6.45, 7) is 3.47. The van der Waals surface area contributed by atoms with E-state index in [0.717, 1.165) is 40.8 Å². The molecule has 0 radical (unpaired) electrons. The van der Waals surface area contributed by atoms with E-state index in [9.17, 15) is 14.0 Å². The lowest BCUT2D eigenvalue weighted by Crippen LogP contribution is -2.27. The zero-order valence-corrected chi connectivity index (χ0v) is 18.2. The summed E-state index contributed by atoms with van der Waals surface area (Å²) in [7, 11) is 0. The zero-order chi connectivity index (χ0) is 21.7. The number of nitrogens with zero attached hydrogens (tertiary/aromatic N) is 2. The molecule has 156 valence electrons. The van der Waals surface area contributed by atoms with Gasteiger partial charge < -0.3 is 0 Å². The van der Waals surface area contributed by atoms with Gasteiger partial charge in [-0.15, -0.1) is 11.3 Å². The first kappa shape index (κ1) is 19.8. The van der Waals surface area contributed by atoms with Gasteiger partial charge in [0.2, 0.25) is 0 Å². The SMILES string of the molecule is Cc1cccc(-c2nc3sc4c(c3c(=O)n2CC(=O)c2ccc(F)c(C)c2)CCC4)c1. The van der Waals surface area contributed by atoms with Crippen molar-refractivity contribution in [1.82, 2.24) is 9.55 Å². The van der Waals surface area contributed by atoms with Crippen molar-refractivity contribution in [3.63, 3.8) is 0 Å². The van der Waals surface area contributed by atoms with Crippen molar-refractivity contribution in [2.75, 3.05) is 0 Å². The molecule has 5 rings (SSSR count). The van der Waals surface area contributed by atoms with E-state index in [2.05, 4.69) is 0 Å². The molecule has 31 heavy (non-hydrogen) atoms. The molecule has 1 aliphatic rings. The molecule has 0 saturated carbocycles. The number of rotatable bonds is 4. The predicted molar refractivity (Wildman–Crippen MR) is 122 cm³/mol. The summed E-state index contributed by atoms with van der Waals surface area (Å²) in [5.74, 6) is -0.105. The number of aryl methyl sites for hydroxylation is 4. The molecule has 2 aromatic heterocycles. The van der Waals surface area contributed by atoms with Gasteiger partial charge in [0.05, 0.1) is 11.9 Å². The smallest absolute Gasteiger partial charge is 0.263 e. The third-order valence-corrected chi connectivity index (χ3v) is 7.07. The number of Topliss-reactive ketones (excluding diaryl/α,β-unsaturated/α-hetero) is 1. The van der Waals surface area contributed by atoms with Crippen LogP contribution in [0.1, 0.15) is 38.3 Å². The third-order valence-electron chi connectivity index (χ3n) is 5.88. The number of hydrogen-bond donors (Lipinski definition) is 0. The van der Waals surface area contributed by atoms with E-state index in [0.29, 0.717) is 22.3 Å². The number of benzene rings is 2. The van der Waals surface area contributed by atoms with Gasteiger partial charge in [-0.25, -0.2) is 9.37 Å². The Balaban J connectivity index is 1.70. The van der Waals surface area contributed by atoms with E-state index in [4.69, 9.17) is 4.98 Å². The van der Waals surface area contributed by atoms with Gasteiger partial charge in [0, 0.05) is 16.0 Å². The molecule has 0 unspecified atom stereocenters. The van der Waals surface area contributed by atoms with Crippen LogP contribution in [0.15, 0.2) is 47.3 Å². The van der Waals surface area contributed by atoms with Crippen molar-refractivity contribution < 1.29 is 9.18 Å². The number of carbonyl (C=O) groups excluding carboxylic acids is 1. The summed E-state index contributed by atoms with van der Waals surface area (Å²) >= 11 is 1.59. The monoisotopic (exact) mass is 432 g/mol. The predicted octanol–water partition coefficient (Wildman–Crippen LogP) is 5.25. The highest BCUT2D eigenvalue weighted by Gasteiger charge is 2.24. The Morgan fingerprint density at radius 1 is 1.16 bits per heavy atom. The second kappa shape index (κ2) is 7.54. The van der Waals surface area contributed by atoms with Crippen molar-refractivity contribution in [2.45, 2.75) is 39.7 Å². The fourth-order valence-corrected chi connectivity index (χ4v) is 5.53. The summed E-state index contributed by atoms with van der Waals surface area (Å²) in [5, 5.41) is 0.650. The lowest BCUT2D eigenvalue weighted by atomic mass is 10.1. The Bertz CT molecular complexity index is 1420. The maximum Gasteiger partial charge on any atom is 0.263 e. The minimum atomic E-state index is -0.355. The Labute approximate surface area is 183 Å². The molecule has 0 atom stereocenters. The van der Waals surface area contributed by atoms with Crippen molar-refractivity contribution in [3.05, 3.63) is 85.8 Å². The van der Waals surface area contributed by atoms with Gasteiger partial charge in [-0.2, -0.15) is 0 Å². The Hall–Kier alpha value is -3.12. The van der Waals surface area contributed by atoms with Crippen LogP contribution in [0.4, 0.5) is 4.39 Å². The van der Waals surface area contributed by atoms with Gasteiger partial charge in [-0.3, -0.25) is 14.2 Å². The van der Waals surface area contributed by atoms with E-state index >= 15 is 0 Å². The normalized spacial score (nSPS) is 13.0. The number of halogens is 1. The molecule has 2 aromatic carbocycles. The van der Waals surface area contributed by atoms with Crippen LogP contribution in [-0.2, 0) is 19.4 Å². The summed E-state index contributed by atoms with van der Waals surface area (Å²) < 4.78 is 15.2. The lowest BCUT2D eigenvalue weighted by Gasteiger charge is -2.13. The van der Waals surface area contributed by atoms with Crippen LogP contribution in [0.5, 0.6) is 0 Å². The second-order valence-electron chi connectivity index (χ2n) is 8.12. The molecule has 2 heterocycles. The van der Waals surface area contributed by atoms with Gasteiger partial charge >= 0.3 is 0 Å². The number of thiophene rings is 1. The number of aromatic nitrogens is 2. The zero-order valence-electron chi connectivity index (χ0n) is 17.4. The molecule has 6 heteroatoms. The molecular formula is C25H21FN2O2S. The topological polar surface area (TPSA) is 52.0 Å². The molecule has 0 saturated heterocycles. The fraction of sp³-hybridized carbons (Fsp3) is 0.240. The molecule has 0 fully saturated rings. The second-order valence-corrected chi connectivity index (χ2v) is 9.20. The van der Waals surface area contributed by atoms with Crippen LogP contribution in [0.3, 0.4) is 0 Å². The molecule has 4 nitrogen and oxygen atoms in total. The summed E-state index contributed by atoms with van der Waals surface area (Å²) in [4.78, 5) is 33.5. The summed E-state index contributed by atoms with van der Waals surface area (Å²) in [6, 6.07) is 12.1. The quantitative estimate of drug-likeness (QED) is 0.414. The first-order valence-corrected chi connectivity index (χ1v) is 11.2. The van der Waals surface area contributed by atoms with Gasteiger partial charge in [0.15, 0.2) is 5.78 Å². The molecule has 4 aromatic rings. The van der Waals surface area contributed by atoms with E-state index in [-0.39, 0.29) is 23.7 Å². The highest BCUT2D eigenvalue weighted by molar-refractivity contribution is 7.18. The van der Waals surface area contributed by atoms with Crippen molar-refractivity contribution in [3.8, 4) is 11.4 Å². The first-order valence-electron chi connectivity index (χ1n) is 10.3. The van der Waals surface area contributed by atoms with Crippen LogP contribution in [0.25, 0.3) is 21.6 Å². The molecule has 1 aliphatic carbocycles. The van der Waals surface area contributed by atoms with Gasteiger partial charge in [0.25, 0.3) is 5.56 Å². The number of hydrogen-bond acceptors (Lipinski definition) is 4. The Morgan fingerprint density at radius 2 is 2.00 bits per heavy atom. The average molecular weight is 433 g/mol. The first-order chi connectivity index (χ1) is 14.9. The molecule has 0 amide bonds. The van der Waals surface area contributed by atoms with Crippen LogP contribution in [0.2, 0.25) is 0 Å². The van der Waals surface area contributed by atoms with Crippen molar-refractivity contribution in [2.24, 2.45) is 0 Å². The molecule has 0 N–H and O–H groups in total. The van der Waals surface area contributed by atoms with Crippen molar-refractivity contribution >= 4 is 27.3 Å².